The van der Waals surface area contributed by atoms with E-state index in [-0.39, 0.29) is 30.0 Å². The normalized spacial score (nSPS) is 11.1. The van der Waals surface area contributed by atoms with Crippen LogP contribution in [0.1, 0.15) is 16.2 Å². The molecule has 2 amide bonds. The molecule has 13 heteroatoms. The zero-order valence-corrected chi connectivity index (χ0v) is 17.7. The number of nitrogens with one attached hydrogen (secondary N) is 2. The molecule has 0 spiro atoms. The highest BCUT2D eigenvalue weighted by Crippen LogP contribution is 2.17. The zero-order chi connectivity index (χ0) is 22.3. The van der Waals surface area contributed by atoms with Gasteiger partial charge in [-0.3, -0.25) is 5.32 Å². The average molecular weight is 438 g/mol. The minimum atomic E-state index is -4.40. The van der Waals surface area contributed by atoms with Crippen LogP contribution in [0.5, 0.6) is 6.01 Å². The predicted molar refractivity (Wildman–Crippen MR) is 106 cm³/mol. The molecule has 2 rings (SSSR count). The summed E-state index contributed by atoms with van der Waals surface area (Å²) in [6, 6.07) is 4.22. The summed E-state index contributed by atoms with van der Waals surface area (Å²) in [5.41, 5.74) is -0.200. The van der Waals surface area contributed by atoms with Crippen molar-refractivity contribution in [2.24, 2.45) is 0 Å². The maximum atomic E-state index is 12.7. The third kappa shape index (κ3) is 6.35. The van der Waals surface area contributed by atoms with Crippen molar-refractivity contribution in [3.05, 3.63) is 35.7 Å². The fraction of sp³-hybridized carbons (Fsp3) is 0.353. The summed E-state index contributed by atoms with van der Waals surface area (Å²) in [5, 5.41) is 2.19. The third-order valence-corrected chi connectivity index (χ3v) is 4.92. The Bertz CT molecular complexity index is 1030. The number of ether oxygens (including phenoxy) is 2. The van der Waals surface area contributed by atoms with E-state index in [1.165, 1.54) is 31.4 Å². The Labute approximate surface area is 173 Å². The first-order chi connectivity index (χ1) is 14.1. The van der Waals surface area contributed by atoms with Gasteiger partial charge in [-0.2, -0.15) is 15.0 Å². The second-order valence-electron chi connectivity index (χ2n) is 6.19. The van der Waals surface area contributed by atoms with Crippen LogP contribution in [0.2, 0.25) is 0 Å². The van der Waals surface area contributed by atoms with Crippen molar-refractivity contribution >= 4 is 28.0 Å². The number of anilines is 1. The van der Waals surface area contributed by atoms with Crippen LogP contribution in [0.25, 0.3) is 0 Å². The lowest BCUT2D eigenvalue weighted by atomic mass is 10.2. The third-order valence-electron chi connectivity index (χ3n) is 3.53. The van der Waals surface area contributed by atoms with Gasteiger partial charge in [-0.25, -0.2) is 22.7 Å². The Morgan fingerprint density at radius 3 is 2.50 bits per heavy atom. The molecule has 0 fully saturated rings. The molecule has 1 heterocycles. The Morgan fingerprint density at radius 1 is 1.13 bits per heavy atom. The molecule has 1 aromatic heterocycles. The van der Waals surface area contributed by atoms with Crippen LogP contribution in [0.15, 0.2) is 29.2 Å². The van der Waals surface area contributed by atoms with Gasteiger partial charge in [0.25, 0.3) is 10.0 Å². The standard InChI is InChI=1S/C17H22N6O6S/c1-11-18-15(21-17(19-11)28-4)20-16(25)22-30(26,27)13-8-6-5-7-12(13)14(24)29-10-9-23(2)3/h5-8H,9-10H2,1-4H3,(H2,18,19,20,21,22,25). The number of carbonyl (C=O) groups is 2. The molecule has 2 aromatic rings. The predicted octanol–water partition coefficient (Wildman–Crippen LogP) is 0.417. The summed E-state index contributed by atoms with van der Waals surface area (Å²) >= 11 is 0. The molecule has 2 N–H and O–H groups in total. The van der Waals surface area contributed by atoms with Gasteiger partial charge in [0.15, 0.2) is 0 Å². The summed E-state index contributed by atoms with van der Waals surface area (Å²) in [6.07, 6.45) is 0. The van der Waals surface area contributed by atoms with E-state index in [0.717, 1.165) is 0 Å². The van der Waals surface area contributed by atoms with Crippen LogP contribution in [0.4, 0.5) is 10.7 Å². The summed E-state index contributed by atoms with van der Waals surface area (Å²) in [4.78, 5) is 37.4. The molecular formula is C17H22N6O6S. The number of carbonyl (C=O) groups excluding carboxylic acids is 2. The first-order valence-corrected chi connectivity index (χ1v) is 10.1. The van der Waals surface area contributed by atoms with Crippen LogP contribution in [-0.2, 0) is 14.8 Å². The van der Waals surface area contributed by atoms with E-state index < -0.39 is 26.9 Å². The number of likely N-dealkylation sites (N-methyl/N-ethyl adjacent to an activating group) is 1. The molecule has 0 saturated heterocycles. The SMILES string of the molecule is COc1nc(C)nc(NC(=O)NS(=O)(=O)c2ccccc2C(=O)OCCN(C)C)n1. The molecule has 162 valence electrons. The lowest BCUT2D eigenvalue weighted by Gasteiger charge is -2.13. The number of rotatable bonds is 8. The molecular weight excluding hydrogens is 416 g/mol. The van der Waals surface area contributed by atoms with Gasteiger partial charge in [-0.1, -0.05) is 12.1 Å². The quantitative estimate of drug-likeness (QED) is 0.554. The fourth-order valence-electron chi connectivity index (χ4n) is 2.18. The highest BCUT2D eigenvalue weighted by molar-refractivity contribution is 7.90. The van der Waals surface area contributed by atoms with E-state index in [2.05, 4.69) is 20.3 Å². The number of esters is 1. The van der Waals surface area contributed by atoms with Crippen LogP contribution in [-0.4, -0.2) is 74.6 Å². The largest absolute Gasteiger partial charge is 0.467 e. The van der Waals surface area contributed by atoms with Crippen molar-refractivity contribution in [3.8, 4) is 6.01 Å². The van der Waals surface area contributed by atoms with Crippen LogP contribution < -0.4 is 14.8 Å². The van der Waals surface area contributed by atoms with E-state index in [0.29, 0.717) is 6.54 Å². The van der Waals surface area contributed by atoms with Crippen molar-refractivity contribution in [1.29, 1.82) is 0 Å². The number of hydrogen-bond donors (Lipinski definition) is 2. The monoisotopic (exact) mass is 438 g/mol. The highest BCUT2D eigenvalue weighted by atomic mass is 32.2. The van der Waals surface area contributed by atoms with Gasteiger partial charge in [0.2, 0.25) is 5.95 Å². The topological polar surface area (TPSA) is 153 Å². The van der Waals surface area contributed by atoms with E-state index >= 15 is 0 Å². The zero-order valence-electron chi connectivity index (χ0n) is 16.9. The smallest absolute Gasteiger partial charge is 0.339 e. The highest BCUT2D eigenvalue weighted by Gasteiger charge is 2.25. The molecule has 0 atom stereocenters. The van der Waals surface area contributed by atoms with E-state index in [4.69, 9.17) is 9.47 Å². The van der Waals surface area contributed by atoms with Gasteiger partial charge in [0.05, 0.1) is 12.7 Å². The summed E-state index contributed by atoms with van der Waals surface area (Å²) < 4.78 is 37.1. The Kier molecular flexibility index (Phi) is 7.60. The molecule has 0 saturated carbocycles. The molecule has 12 nitrogen and oxygen atoms in total. The number of aryl methyl sites for hydroxylation is 1. The van der Waals surface area contributed by atoms with Crippen LogP contribution >= 0.6 is 0 Å². The molecule has 30 heavy (non-hydrogen) atoms. The number of benzene rings is 1. The minimum Gasteiger partial charge on any atom is -0.467 e. The van der Waals surface area contributed by atoms with Gasteiger partial charge in [0, 0.05) is 6.54 Å². The maximum absolute atomic E-state index is 12.7. The molecule has 0 aliphatic rings. The van der Waals surface area contributed by atoms with Gasteiger partial charge in [0.1, 0.15) is 17.3 Å². The van der Waals surface area contributed by atoms with Crippen molar-refractivity contribution in [2.45, 2.75) is 11.8 Å². The van der Waals surface area contributed by atoms with Crippen molar-refractivity contribution in [3.63, 3.8) is 0 Å². The molecule has 0 unspecified atom stereocenters. The molecule has 0 aliphatic heterocycles. The van der Waals surface area contributed by atoms with Gasteiger partial charge >= 0.3 is 18.0 Å². The number of urea groups is 1. The van der Waals surface area contributed by atoms with Crippen molar-refractivity contribution < 1.29 is 27.5 Å². The summed E-state index contributed by atoms with van der Waals surface area (Å²) in [6.45, 7) is 2.09. The van der Waals surface area contributed by atoms with Crippen molar-refractivity contribution in [2.75, 3.05) is 39.7 Å². The minimum absolute atomic E-state index is 0.0496. The van der Waals surface area contributed by atoms with Gasteiger partial charge in [-0.05, 0) is 33.2 Å². The number of aromatic nitrogens is 3. The van der Waals surface area contributed by atoms with Crippen LogP contribution in [0, 0.1) is 6.92 Å². The number of methoxy groups -OCH3 is 1. The van der Waals surface area contributed by atoms with E-state index in [9.17, 15) is 18.0 Å². The molecule has 1 aromatic carbocycles. The lowest BCUT2D eigenvalue weighted by molar-refractivity contribution is 0.0477. The summed E-state index contributed by atoms with van der Waals surface area (Å²) in [5.74, 6) is -0.773. The van der Waals surface area contributed by atoms with E-state index in [1.807, 2.05) is 4.72 Å². The molecule has 0 aliphatic carbocycles. The Balaban J connectivity index is 2.16. The Hall–Kier alpha value is -3.32. The average Bonchev–Trinajstić information content (AvgIpc) is 2.66. The fourth-order valence-corrected chi connectivity index (χ4v) is 3.28. The van der Waals surface area contributed by atoms with Crippen LogP contribution in [0.3, 0.4) is 0 Å². The lowest BCUT2D eigenvalue weighted by Crippen LogP contribution is -2.35. The van der Waals surface area contributed by atoms with Gasteiger partial charge < -0.3 is 14.4 Å². The Morgan fingerprint density at radius 2 is 1.83 bits per heavy atom. The molecule has 0 bridgehead atoms. The number of hydrogen-bond acceptors (Lipinski definition) is 10. The number of sulfonamides is 1. The first kappa shape index (κ1) is 23.0. The second kappa shape index (κ2) is 9.93. The number of amides is 2. The maximum Gasteiger partial charge on any atom is 0.339 e. The first-order valence-electron chi connectivity index (χ1n) is 8.63. The van der Waals surface area contributed by atoms with E-state index in [1.54, 1.807) is 25.9 Å². The summed E-state index contributed by atoms with van der Waals surface area (Å²) in [7, 11) is 0.541. The second-order valence-corrected chi connectivity index (χ2v) is 7.84. The van der Waals surface area contributed by atoms with Crippen molar-refractivity contribution in [1.82, 2.24) is 24.6 Å². The molecule has 0 radical (unpaired) electrons. The number of nitrogens with zero attached hydrogens (tertiary/aromatic N) is 4. The van der Waals surface area contributed by atoms with Gasteiger partial charge in [-0.15, -0.1) is 0 Å².